The van der Waals surface area contributed by atoms with Crippen LogP contribution in [0.25, 0.3) is 6.08 Å². The molecule has 2 aromatic carbocycles. The van der Waals surface area contributed by atoms with Crippen molar-refractivity contribution >= 4 is 33.6 Å². The smallest absolute Gasteiger partial charge is 0.223 e. The van der Waals surface area contributed by atoms with Gasteiger partial charge in [-0.1, -0.05) is 48.0 Å². The van der Waals surface area contributed by atoms with Crippen molar-refractivity contribution in [2.24, 2.45) is 0 Å². The minimum atomic E-state index is -0.653. The molecule has 4 rings (SSSR count). The lowest BCUT2D eigenvalue weighted by Crippen LogP contribution is -2.68. The van der Waals surface area contributed by atoms with Crippen LogP contribution < -0.4 is 10.2 Å². The van der Waals surface area contributed by atoms with Gasteiger partial charge in [0.05, 0.1) is 0 Å². The minimum Gasteiger partial charge on any atom is -0.344 e. The van der Waals surface area contributed by atoms with Crippen LogP contribution in [0.3, 0.4) is 0 Å². The van der Waals surface area contributed by atoms with E-state index in [1.165, 1.54) is 17.7 Å². The third-order valence-electron chi connectivity index (χ3n) is 5.58. The van der Waals surface area contributed by atoms with Crippen LogP contribution in [-0.4, -0.2) is 18.1 Å². The highest BCUT2D eigenvalue weighted by atomic mass is 79.9. The number of fused-ring (bicyclic) bond motifs is 3. The number of carbonyl (C=O) groups is 1. The first-order valence-electron chi connectivity index (χ1n) is 8.67. The topological polar surface area (TPSA) is 32.3 Å². The van der Waals surface area contributed by atoms with Gasteiger partial charge in [0.1, 0.15) is 11.5 Å². The van der Waals surface area contributed by atoms with Gasteiger partial charge in [-0.15, -0.1) is 0 Å². The standard InChI is InChI=1S/C21H20BrFN2O/c1-20(2)17-13-15(22)5-8-18(17)25-12-10-19(26)24-21(20,25)11-9-14-3-6-16(23)7-4-14/h3-9,11,13H,10,12H2,1-2H3,(H,24,26). The van der Waals surface area contributed by atoms with Crippen LogP contribution in [0.1, 0.15) is 31.4 Å². The Hall–Kier alpha value is -2.14. The van der Waals surface area contributed by atoms with Crippen LogP contribution in [0.15, 0.2) is 53.0 Å². The highest BCUT2D eigenvalue weighted by Crippen LogP contribution is 2.53. The molecule has 0 aliphatic carbocycles. The molecule has 2 aromatic rings. The maximum absolute atomic E-state index is 13.2. The third kappa shape index (κ3) is 2.49. The van der Waals surface area contributed by atoms with Crippen molar-refractivity contribution in [1.82, 2.24) is 5.32 Å². The van der Waals surface area contributed by atoms with E-state index in [0.29, 0.717) is 13.0 Å². The molecule has 1 unspecified atom stereocenters. The lowest BCUT2D eigenvalue weighted by molar-refractivity contribution is -0.124. The summed E-state index contributed by atoms with van der Waals surface area (Å²) in [6, 6.07) is 12.6. The first-order valence-corrected chi connectivity index (χ1v) is 9.46. The van der Waals surface area contributed by atoms with Crippen molar-refractivity contribution in [1.29, 1.82) is 0 Å². The summed E-state index contributed by atoms with van der Waals surface area (Å²) in [7, 11) is 0. The Morgan fingerprint density at radius 2 is 1.92 bits per heavy atom. The van der Waals surface area contributed by atoms with E-state index >= 15 is 0 Å². The van der Waals surface area contributed by atoms with E-state index in [2.05, 4.69) is 52.1 Å². The summed E-state index contributed by atoms with van der Waals surface area (Å²) in [6.45, 7) is 4.97. The molecule has 0 aromatic heterocycles. The van der Waals surface area contributed by atoms with Crippen molar-refractivity contribution in [2.45, 2.75) is 31.3 Å². The molecule has 0 saturated carbocycles. The number of amides is 1. The molecule has 1 fully saturated rings. The first-order chi connectivity index (χ1) is 12.3. The average molecular weight is 415 g/mol. The maximum atomic E-state index is 13.2. The highest BCUT2D eigenvalue weighted by Gasteiger charge is 2.57. The number of hydrogen-bond acceptors (Lipinski definition) is 2. The van der Waals surface area contributed by atoms with Crippen LogP contribution in [-0.2, 0) is 10.2 Å². The molecule has 2 aliphatic rings. The molecule has 2 heterocycles. The lowest BCUT2D eigenvalue weighted by Gasteiger charge is -2.49. The summed E-state index contributed by atoms with van der Waals surface area (Å²) >= 11 is 3.57. The molecular formula is C21H20BrFN2O. The van der Waals surface area contributed by atoms with Crippen molar-refractivity contribution in [3.05, 3.63) is 70.0 Å². The summed E-state index contributed by atoms with van der Waals surface area (Å²) in [6.07, 6.45) is 4.48. The van der Waals surface area contributed by atoms with E-state index in [-0.39, 0.29) is 17.1 Å². The Balaban J connectivity index is 1.84. The van der Waals surface area contributed by atoms with Gasteiger partial charge in [-0.2, -0.15) is 0 Å². The molecule has 3 nitrogen and oxygen atoms in total. The number of nitrogens with one attached hydrogen (secondary N) is 1. The largest absolute Gasteiger partial charge is 0.344 e. The SMILES string of the molecule is CC1(C)c2cc(Br)ccc2N2CCC(=O)NC21C=Cc1ccc(F)cc1. The monoisotopic (exact) mass is 414 g/mol. The van der Waals surface area contributed by atoms with E-state index in [1.54, 1.807) is 12.1 Å². The van der Waals surface area contributed by atoms with Gasteiger partial charge >= 0.3 is 0 Å². The maximum Gasteiger partial charge on any atom is 0.223 e. The number of rotatable bonds is 2. The zero-order chi connectivity index (χ0) is 18.5. The van der Waals surface area contributed by atoms with Crippen molar-refractivity contribution in [3.63, 3.8) is 0 Å². The quantitative estimate of drug-likeness (QED) is 0.777. The van der Waals surface area contributed by atoms with Crippen LogP contribution >= 0.6 is 15.9 Å². The summed E-state index contributed by atoms with van der Waals surface area (Å²) < 4.78 is 14.2. The molecule has 0 bridgehead atoms. The van der Waals surface area contributed by atoms with Crippen LogP contribution in [0.2, 0.25) is 0 Å². The molecule has 0 radical (unpaired) electrons. The fraction of sp³-hybridized carbons (Fsp3) is 0.286. The molecule has 134 valence electrons. The molecule has 1 atom stereocenters. The normalized spacial score (nSPS) is 23.7. The Morgan fingerprint density at radius 1 is 1.19 bits per heavy atom. The van der Waals surface area contributed by atoms with Gasteiger partial charge in [-0.3, -0.25) is 4.79 Å². The second kappa shape index (κ2) is 5.95. The van der Waals surface area contributed by atoms with Gasteiger partial charge in [0.15, 0.2) is 0 Å². The van der Waals surface area contributed by atoms with Gasteiger partial charge in [-0.25, -0.2) is 4.39 Å². The number of carbonyl (C=O) groups excluding carboxylic acids is 1. The van der Waals surface area contributed by atoms with Crippen molar-refractivity contribution in [3.8, 4) is 0 Å². The zero-order valence-corrected chi connectivity index (χ0v) is 16.3. The van der Waals surface area contributed by atoms with E-state index in [1.807, 2.05) is 18.2 Å². The third-order valence-corrected chi connectivity index (χ3v) is 6.07. The van der Waals surface area contributed by atoms with E-state index in [4.69, 9.17) is 0 Å². The molecule has 5 heteroatoms. The lowest BCUT2D eigenvalue weighted by atomic mass is 9.74. The summed E-state index contributed by atoms with van der Waals surface area (Å²) in [5.41, 5.74) is 2.24. The fourth-order valence-corrected chi connectivity index (χ4v) is 4.48. The highest BCUT2D eigenvalue weighted by molar-refractivity contribution is 9.10. The fourth-order valence-electron chi connectivity index (χ4n) is 4.12. The Morgan fingerprint density at radius 3 is 2.65 bits per heavy atom. The van der Waals surface area contributed by atoms with E-state index in [0.717, 1.165) is 15.7 Å². The molecule has 1 amide bonds. The molecule has 26 heavy (non-hydrogen) atoms. The second-order valence-corrected chi connectivity index (χ2v) is 8.30. The summed E-state index contributed by atoms with van der Waals surface area (Å²) in [4.78, 5) is 14.6. The van der Waals surface area contributed by atoms with Crippen molar-refractivity contribution < 1.29 is 9.18 Å². The number of halogens is 2. The zero-order valence-electron chi connectivity index (χ0n) is 14.7. The summed E-state index contributed by atoms with van der Waals surface area (Å²) in [5, 5.41) is 3.24. The van der Waals surface area contributed by atoms with Crippen molar-refractivity contribution in [2.75, 3.05) is 11.4 Å². The number of hydrogen-bond donors (Lipinski definition) is 1. The van der Waals surface area contributed by atoms with E-state index in [9.17, 15) is 9.18 Å². The number of anilines is 1. The first kappa shape index (κ1) is 17.3. The molecule has 0 spiro atoms. The van der Waals surface area contributed by atoms with Crippen LogP contribution in [0.4, 0.5) is 10.1 Å². The number of benzene rings is 2. The predicted molar refractivity (Wildman–Crippen MR) is 105 cm³/mol. The molecule has 1 N–H and O–H groups in total. The van der Waals surface area contributed by atoms with Crippen LogP contribution in [0, 0.1) is 5.82 Å². The van der Waals surface area contributed by atoms with Gasteiger partial charge in [0.2, 0.25) is 5.91 Å². The average Bonchev–Trinajstić information content (AvgIpc) is 2.79. The summed E-state index contributed by atoms with van der Waals surface area (Å²) in [5.74, 6) is -0.212. The molecular weight excluding hydrogens is 395 g/mol. The predicted octanol–water partition coefficient (Wildman–Crippen LogP) is 4.62. The Bertz CT molecular complexity index is 907. The van der Waals surface area contributed by atoms with Gasteiger partial charge in [-0.05, 0) is 47.5 Å². The number of nitrogens with zero attached hydrogens (tertiary/aromatic N) is 1. The second-order valence-electron chi connectivity index (χ2n) is 7.39. The van der Waals surface area contributed by atoms with Gasteiger partial charge < -0.3 is 10.2 Å². The van der Waals surface area contributed by atoms with Crippen LogP contribution in [0.5, 0.6) is 0 Å². The van der Waals surface area contributed by atoms with E-state index < -0.39 is 5.66 Å². The Kier molecular flexibility index (Phi) is 3.95. The van der Waals surface area contributed by atoms with Gasteiger partial charge in [0.25, 0.3) is 0 Å². The minimum absolute atomic E-state index is 0.0463. The van der Waals surface area contributed by atoms with Gasteiger partial charge in [0, 0.05) is 28.5 Å². The molecule has 2 aliphatic heterocycles. The molecule has 1 saturated heterocycles. The Labute approximate surface area is 161 Å².